The highest BCUT2D eigenvalue weighted by Crippen LogP contribution is 2.32. The zero-order valence-corrected chi connectivity index (χ0v) is 16.2. The minimum absolute atomic E-state index is 0.0392. The number of ether oxygens (including phenoxy) is 1. The van der Waals surface area contributed by atoms with Crippen LogP contribution in [0.1, 0.15) is 36.4 Å². The van der Waals surface area contributed by atoms with Crippen molar-refractivity contribution in [2.45, 2.75) is 25.3 Å². The van der Waals surface area contributed by atoms with E-state index in [4.69, 9.17) is 10.00 Å². The van der Waals surface area contributed by atoms with E-state index < -0.39 is 0 Å². The van der Waals surface area contributed by atoms with Gasteiger partial charge >= 0.3 is 0 Å². The van der Waals surface area contributed by atoms with E-state index >= 15 is 0 Å². The third kappa shape index (κ3) is 3.90. The summed E-state index contributed by atoms with van der Waals surface area (Å²) in [4.78, 5) is 23.9. The molecular formula is C21H22N6O2. The van der Waals surface area contributed by atoms with Crippen LogP contribution < -0.4 is 9.64 Å². The van der Waals surface area contributed by atoms with Gasteiger partial charge in [0.05, 0.1) is 24.8 Å². The second kappa shape index (κ2) is 8.27. The molecule has 1 atom stereocenters. The van der Waals surface area contributed by atoms with E-state index in [1.54, 1.807) is 36.7 Å². The predicted octanol–water partition coefficient (Wildman–Crippen LogP) is 2.53. The zero-order valence-electron chi connectivity index (χ0n) is 16.2. The standard InChI is InChI=1S/C21H22N6O2/c1-29-19-6-9-23-21(25-19)26-11-7-16(8-12-26)20(28)27-18(5-10-24-27)17-4-2-3-15(13-17)14-22/h2-4,6,9-10,13,16,18H,5,7-8,11-12H2,1H3/t18-/m0/s1. The summed E-state index contributed by atoms with van der Waals surface area (Å²) in [7, 11) is 1.58. The molecule has 0 aliphatic carbocycles. The number of hydrogen-bond donors (Lipinski definition) is 0. The number of nitriles is 1. The van der Waals surface area contributed by atoms with E-state index in [0.717, 1.165) is 18.4 Å². The zero-order chi connectivity index (χ0) is 20.2. The Morgan fingerprint density at radius 3 is 2.86 bits per heavy atom. The first-order valence-corrected chi connectivity index (χ1v) is 9.67. The van der Waals surface area contributed by atoms with Crippen molar-refractivity contribution >= 4 is 18.1 Å². The minimum atomic E-state index is -0.143. The molecule has 1 fully saturated rings. The van der Waals surface area contributed by atoms with E-state index in [1.165, 1.54) is 0 Å². The van der Waals surface area contributed by atoms with Crippen molar-refractivity contribution in [1.29, 1.82) is 5.26 Å². The third-order valence-corrected chi connectivity index (χ3v) is 5.41. The van der Waals surface area contributed by atoms with E-state index in [2.05, 4.69) is 26.0 Å². The average Bonchev–Trinajstić information content (AvgIpc) is 3.29. The lowest BCUT2D eigenvalue weighted by molar-refractivity contribution is -0.138. The molecule has 2 aliphatic rings. The summed E-state index contributed by atoms with van der Waals surface area (Å²) >= 11 is 0. The normalized spacial score (nSPS) is 19.2. The Kier molecular flexibility index (Phi) is 5.38. The Morgan fingerprint density at radius 2 is 2.10 bits per heavy atom. The number of hydrazone groups is 1. The largest absolute Gasteiger partial charge is 0.481 e. The molecule has 0 saturated carbocycles. The smallest absolute Gasteiger partial charge is 0.246 e. The van der Waals surface area contributed by atoms with Crippen LogP contribution in [0.2, 0.25) is 0 Å². The first-order chi connectivity index (χ1) is 14.2. The lowest BCUT2D eigenvalue weighted by Gasteiger charge is -2.33. The Morgan fingerprint density at radius 1 is 1.28 bits per heavy atom. The fraction of sp³-hybridized carbons (Fsp3) is 0.381. The second-order valence-electron chi connectivity index (χ2n) is 7.13. The molecule has 1 amide bonds. The number of rotatable bonds is 4. The summed E-state index contributed by atoms with van der Waals surface area (Å²) < 4.78 is 5.17. The van der Waals surface area contributed by atoms with Crippen molar-refractivity contribution in [3.05, 3.63) is 47.7 Å². The van der Waals surface area contributed by atoms with Gasteiger partial charge in [0.1, 0.15) is 0 Å². The van der Waals surface area contributed by atoms with Gasteiger partial charge in [-0.25, -0.2) is 9.99 Å². The molecule has 0 unspecified atom stereocenters. The predicted molar refractivity (Wildman–Crippen MR) is 107 cm³/mol. The number of aromatic nitrogens is 2. The van der Waals surface area contributed by atoms with Crippen molar-refractivity contribution in [3.63, 3.8) is 0 Å². The van der Waals surface area contributed by atoms with Gasteiger partial charge in [0.15, 0.2) is 0 Å². The molecule has 8 nitrogen and oxygen atoms in total. The van der Waals surface area contributed by atoms with Gasteiger partial charge in [0.25, 0.3) is 0 Å². The highest BCUT2D eigenvalue weighted by Gasteiger charge is 2.35. The third-order valence-electron chi connectivity index (χ3n) is 5.41. The molecule has 8 heteroatoms. The van der Waals surface area contributed by atoms with Crippen LogP contribution in [0.3, 0.4) is 0 Å². The minimum Gasteiger partial charge on any atom is -0.481 e. The fourth-order valence-corrected chi connectivity index (χ4v) is 3.83. The SMILES string of the molecule is COc1ccnc(N2CCC(C(=O)N3N=CC[C@H]3c3cccc(C#N)c3)CC2)n1. The monoisotopic (exact) mass is 390 g/mol. The molecule has 4 rings (SSSR count). The molecule has 0 N–H and O–H groups in total. The second-order valence-corrected chi connectivity index (χ2v) is 7.13. The summed E-state index contributed by atoms with van der Waals surface area (Å²) in [5.74, 6) is 1.11. The van der Waals surface area contributed by atoms with Gasteiger partial charge in [-0.05, 0) is 30.5 Å². The molecular weight excluding hydrogens is 368 g/mol. The van der Waals surface area contributed by atoms with Gasteiger partial charge in [-0.15, -0.1) is 0 Å². The summed E-state index contributed by atoms with van der Waals surface area (Å²) in [6.45, 7) is 1.41. The number of benzene rings is 1. The van der Waals surface area contributed by atoms with Crippen LogP contribution in [0.15, 0.2) is 41.6 Å². The Balaban J connectivity index is 1.42. The van der Waals surface area contributed by atoms with E-state index in [1.807, 2.05) is 18.2 Å². The molecule has 148 valence electrons. The number of methoxy groups -OCH3 is 1. The van der Waals surface area contributed by atoms with Gasteiger partial charge in [-0.1, -0.05) is 12.1 Å². The van der Waals surface area contributed by atoms with Crippen LogP contribution in [0.25, 0.3) is 0 Å². The lowest BCUT2D eigenvalue weighted by atomic mass is 9.94. The molecule has 0 radical (unpaired) electrons. The van der Waals surface area contributed by atoms with Crippen molar-refractivity contribution in [2.24, 2.45) is 11.0 Å². The molecule has 0 bridgehead atoms. The molecule has 0 spiro atoms. The van der Waals surface area contributed by atoms with Crippen LogP contribution >= 0.6 is 0 Å². The van der Waals surface area contributed by atoms with E-state index in [9.17, 15) is 4.79 Å². The highest BCUT2D eigenvalue weighted by atomic mass is 16.5. The number of nitrogens with zero attached hydrogens (tertiary/aromatic N) is 6. The molecule has 1 aromatic heterocycles. The first-order valence-electron chi connectivity index (χ1n) is 9.67. The Labute approximate surface area is 169 Å². The number of piperidine rings is 1. The van der Waals surface area contributed by atoms with E-state index in [0.29, 0.717) is 36.9 Å². The summed E-state index contributed by atoms with van der Waals surface area (Å²) in [5.41, 5.74) is 1.53. The van der Waals surface area contributed by atoms with Crippen LogP contribution in [0.4, 0.5) is 5.95 Å². The molecule has 1 saturated heterocycles. The van der Waals surface area contributed by atoms with Crippen molar-refractivity contribution < 1.29 is 9.53 Å². The lowest BCUT2D eigenvalue weighted by Crippen LogP contribution is -2.41. The van der Waals surface area contributed by atoms with Crippen molar-refractivity contribution in [2.75, 3.05) is 25.1 Å². The highest BCUT2D eigenvalue weighted by molar-refractivity contribution is 5.82. The number of carbonyl (C=O) groups is 1. The topological polar surface area (TPSA) is 94.7 Å². The first kappa shape index (κ1) is 18.9. The van der Waals surface area contributed by atoms with Gasteiger partial charge in [-0.2, -0.15) is 15.3 Å². The summed E-state index contributed by atoms with van der Waals surface area (Å²) in [6, 6.07) is 11.1. The van der Waals surface area contributed by atoms with Crippen LogP contribution in [0, 0.1) is 17.2 Å². The maximum Gasteiger partial charge on any atom is 0.246 e. The van der Waals surface area contributed by atoms with Gasteiger partial charge < -0.3 is 9.64 Å². The molecule has 2 aliphatic heterocycles. The Hall–Kier alpha value is -3.47. The van der Waals surface area contributed by atoms with Gasteiger partial charge in [0.2, 0.25) is 17.7 Å². The van der Waals surface area contributed by atoms with Crippen molar-refractivity contribution in [1.82, 2.24) is 15.0 Å². The van der Waals surface area contributed by atoms with Gasteiger partial charge in [0, 0.05) is 43.9 Å². The van der Waals surface area contributed by atoms with Crippen LogP contribution in [-0.2, 0) is 4.79 Å². The molecule has 29 heavy (non-hydrogen) atoms. The maximum absolute atomic E-state index is 13.2. The quantitative estimate of drug-likeness (QED) is 0.796. The van der Waals surface area contributed by atoms with Gasteiger partial charge in [-0.3, -0.25) is 4.79 Å². The van der Waals surface area contributed by atoms with Crippen LogP contribution in [0.5, 0.6) is 5.88 Å². The number of carbonyl (C=O) groups excluding carboxylic acids is 1. The molecule has 1 aromatic carbocycles. The molecule has 3 heterocycles. The number of amides is 1. The van der Waals surface area contributed by atoms with Crippen molar-refractivity contribution in [3.8, 4) is 11.9 Å². The molecule has 2 aromatic rings. The number of hydrogen-bond acceptors (Lipinski definition) is 7. The average molecular weight is 390 g/mol. The van der Waals surface area contributed by atoms with Crippen LogP contribution in [-0.4, -0.2) is 47.3 Å². The Bertz CT molecular complexity index is 962. The fourth-order valence-electron chi connectivity index (χ4n) is 3.83. The summed E-state index contributed by atoms with van der Waals surface area (Å²) in [6.07, 6.45) is 5.56. The number of anilines is 1. The summed E-state index contributed by atoms with van der Waals surface area (Å²) in [5, 5.41) is 15.1. The maximum atomic E-state index is 13.2. The van der Waals surface area contributed by atoms with E-state index in [-0.39, 0.29) is 17.9 Å².